The number of benzene rings is 1. The Balaban J connectivity index is 1.56. The topological polar surface area (TPSA) is 71.1 Å². The largest absolute Gasteiger partial charge is 0.378 e. The van der Waals surface area contributed by atoms with Crippen molar-refractivity contribution in [2.75, 3.05) is 49.6 Å². The molecular formula is C21H28BrN3O4. The smallest absolute Gasteiger partial charge is 0.254 e. The molecule has 29 heavy (non-hydrogen) atoms. The summed E-state index contributed by atoms with van der Waals surface area (Å²) < 4.78 is 11.0. The van der Waals surface area contributed by atoms with Crippen molar-refractivity contribution < 1.29 is 19.1 Å². The highest BCUT2D eigenvalue weighted by atomic mass is 79.9. The molecule has 2 unspecified atom stereocenters. The van der Waals surface area contributed by atoms with Gasteiger partial charge >= 0.3 is 0 Å². The molecule has 1 aromatic rings. The molecule has 0 saturated carbocycles. The number of piperidine rings is 1. The minimum Gasteiger partial charge on any atom is -0.378 e. The molecule has 3 aliphatic heterocycles. The second-order valence-corrected chi connectivity index (χ2v) is 8.81. The lowest BCUT2D eigenvalue weighted by molar-refractivity contribution is -0.125. The van der Waals surface area contributed by atoms with E-state index in [0.717, 1.165) is 43.7 Å². The van der Waals surface area contributed by atoms with Crippen LogP contribution in [0, 0.1) is 0 Å². The number of alkyl halides is 1. The quantitative estimate of drug-likeness (QED) is 0.691. The van der Waals surface area contributed by atoms with E-state index in [2.05, 4.69) is 26.1 Å². The van der Waals surface area contributed by atoms with E-state index in [9.17, 15) is 9.59 Å². The van der Waals surface area contributed by atoms with Crippen molar-refractivity contribution in [3.63, 3.8) is 0 Å². The van der Waals surface area contributed by atoms with E-state index in [4.69, 9.17) is 9.47 Å². The van der Waals surface area contributed by atoms with Gasteiger partial charge in [0.1, 0.15) is 11.1 Å². The van der Waals surface area contributed by atoms with Gasteiger partial charge in [-0.1, -0.05) is 15.9 Å². The lowest BCUT2D eigenvalue weighted by Gasteiger charge is -2.32. The summed E-state index contributed by atoms with van der Waals surface area (Å²) in [5.41, 5.74) is 2.32. The summed E-state index contributed by atoms with van der Waals surface area (Å²) >= 11 is 3.41. The van der Waals surface area contributed by atoms with E-state index in [0.29, 0.717) is 38.3 Å². The summed E-state index contributed by atoms with van der Waals surface area (Å²) in [7, 11) is 0. The van der Waals surface area contributed by atoms with Crippen LogP contribution in [0.15, 0.2) is 18.2 Å². The lowest BCUT2D eigenvalue weighted by atomic mass is 10.1. The highest BCUT2D eigenvalue weighted by Gasteiger charge is 2.30. The van der Waals surface area contributed by atoms with Gasteiger partial charge in [-0.2, -0.15) is 0 Å². The Labute approximate surface area is 179 Å². The number of ether oxygens (including phenoxy) is 2. The van der Waals surface area contributed by atoms with Crippen LogP contribution in [0.5, 0.6) is 0 Å². The number of hydrogen-bond acceptors (Lipinski definition) is 5. The molecule has 3 fully saturated rings. The number of nitrogens with one attached hydrogen (secondary N) is 1. The number of morpholine rings is 1. The van der Waals surface area contributed by atoms with E-state index in [1.54, 1.807) is 0 Å². The van der Waals surface area contributed by atoms with Crippen LogP contribution in [0.4, 0.5) is 11.4 Å². The zero-order valence-electron chi connectivity index (χ0n) is 16.6. The van der Waals surface area contributed by atoms with Crippen molar-refractivity contribution in [3.8, 4) is 0 Å². The molecule has 1 aromatic carbocycles. The van der Waals surface area contributed by atoms with Crippen LogP contribution in [0.2, 0.25) is 0 Å². The maximum atomic E-state index is 13.0. The fourth-order valence-electron chi connectivity index (χ4n) is 4.12. The predicted octanol–water partition coefficient (Wildman–Crippen LogP) is 2.99. The van der Waals surface area contributed by atoms with Gasteiger partial charge in [0, 0.05) is 31.7 Å². The highest BCUT2D eigenvalue weighted by molar-refractivity contribution is 9.09. The number of amides is 2. The first kappa shape index (κ1) is 20.6. The number of carbonyl (C=O) groups is 2. The molecule has 2 atom stereocenters. The molecule has 0 aromatic heterocycles. The number of hydrogen-bond donors (Lipinski definition) is 1. The normalized spacial score (nSPS) is 25.1. The molecule has 0 bridgehead atoms. The van der Waals surface area contributed by atoms with Crippen LogP contribution in [-0.2, 0) is 14.3 Å². The van der Waals surface area contributed by atoms with Crippen molar-refractivity contribution in [1.29, 1.82) is 0 Å². The second-order valence-electron chi connectivity index (χ2n) is 7.79. The molecule has 1 N–H and O–H groups in total. The van der Waals surface area contributed by atoms with E-state index in [-0.39, 0.29) is 16.8 Å². The Hall–Kier alpha value is -1.64. The van der Waals surface area contributed by atoms with Crippen LogP contribution < -0.4 is 10.2 Å². The fourth-order valence-corrected chi connectivity index (χ4v) is 4.64. The Bertz CT molecular complexity index is 747. The molecule has 3 saturated heterocycles. The predicted molar refractivity (Wildman–Crippen MR) is 115 cm³/mol. The minimum atomic E-state index is -0.441. The Morgan fingerprint density at radius 2 is 1.79 bits per heavy atom. The monoisotopic (exact) mass is 465 g/mol. The summed E-state index contributed by atoms with van der Waals surface area (Å²) in [5, 5.41) is 2.98. The average Bonchev–Trinajstić information content (AvgIpc) is 3.21. The second kappa shape index (κ2) is 9.45. The third kappa shape index (κ3) is 4.92. The van der Waals surface area contributed by atoms with Gasteiger partial charge in [0.2, 0.25) is 0 Å². The Morgan fingerprint density at radius 1 is 1.03 bits per heavy atom. The first-order valence-electron chi connectivity index (χ1n) is 10.5. The fraction of sp³-hybridized carbons (Fsp3) is 0.619. The number of halogens is 1. The minimum absolute atomic E-state index is 0.0192. The van der Waals surface area contributed by atoms with E-state index < -0.39 is 6.10 Å². The Kier molecular flexibility index (Phi) is 6.72. The van der Waals surface area contributed by atoms with Gasteiger partial charge in [0.25, 0.3) is 11.8 Å². The van der Waals surface area contributed by atoms with Crippen LogP contribution in [0.1, 0.15) is 42.5 Å². The molecule has 7 nitrogen and oxygen atoms in total. The molecule has 3 heterocycles. The summed E-state index contributed by atoms with van der Waals surface area (Å²) in [6.45, 7) is 4.25. The number of nitrogens with zero attached hydrogens (tertiary/aromatic N) is 2. The SMILES string of the molecule is O=C(Nc1ccc(C(=O)N2CCOCC2)cc1N1CCCCC1)C1CCC(Br)O1. The van der Waals surface area contributed by atoms with Gasteiger partial charge in [-0.3, -0.25) is 9.59 Å². The molecule has 0 aliphatic carbocycles. The van der Waals surface area contributed by atoms with Crippen molar-refractivity contribution in [3.05, 3.63) is 23.8 Å². The zero-order valence-corrected chi connectivity index (χ0v) is 18.2. The van der Waals surface area contributed by atoms with E-state index in [1.165, 1.54) is 6.42 Å². The van der Waals surface area contributed by atoms with Gasteiger partial charge in [0.05, 0.1) is 24.6 Å². The third-order valence-corrected chi connectivity index (χ3v) is 6.43. The van der Waals surface area contributed by atoms with Crippen LogP contribution >= 0.6 is 15.9 Å². The average molecular weight is 466 g/mol. The van der Waals surface area contributed by atoms with Crippen molar-refractivity contribution in [1.82, 2.24) is 4.90 Å². The van der Waals surface area contributed by atoms with E-state index >= 15 is 0 Å². The molecular weight excluding hydrogens is 438 g/mol. The molecule has 2 amide bonds. The summed E-state index contributed by atoms with van der Waals surface area (Å²) in [6.07, 6.45) is 4.53. The molecule has 0 radical (unpaired) electrons. The molecule has 158 valence electrons. The molecule has 0 spiro atoms. The molecule has 4 rings (SSSR count). The third-order valence-electron chi connectivity index (χ3n) is 5.76. The van der Waals surface area contributed by atoms with Crippen molar-refractivity contribution in [2.24, 2.45) is 0 Å². The summed E-state index contributed by atoms with van der Waals surface area (Å²) in [6, 6.07) is 5.60. The number of carbonyl (C=O) groups excluding carboxylic acids is 2. The lowest BCUT2D eigenvalue weighted by Crippen LogP contribution is -2.40. The first-order valence-corrected chi connectivity index (χ1v) is 11.4. The van der Waals surface area contributed by atoms with Crippen molar-refractivity contribution >= 4 is 39.1 Å². The standard InChI is InChI=1S/C21H28BrN3O4/c22-19-7-6-18(29-19)20(26)23-16-5-4-15(21(27)25-10-12-28-13-11-25)14-17(16)24-8-2-1-3-9-24/h4-5,14,18-19H,1-3,6-13H2,(H,23,26). The first-order chi connectivity index (χ1) is 14.1. The number of anilines is 2. The van der Waals surface area contributed by atoms with Crippen LogP contribution in [0.3, 0.4) is 0 Å². The Morgan fingerprint density at radius 3 is 2.48 bits per heavy atom. The van der Waals surface area contributed by atoms with Crippen molar-refractivity contribution in [2.45, 2.75) is 43.2 Å². The van der Waals surface area contributed by atoms with Gasteiger partial charge in [-0.25, -0.2) is 0 Å². The van der Waals surface area contributed by atoms with Gasteiger partial charge in [0.15, 0.2) is 0 Å². The van der Waals surface area contributed by atoms with Gasteiger partial charge in [-0.15, -0.1) is 0 Å². The van der Waals surface area contributed by atoms with Gasteiger partial charge < -0.3 is 24.6 Å². The van der Waals surface area contributed by atoms with Crippen LogP contribution in [0.25, 0.3) is 0 Å². The van der Waals surface area contributed by atoms with E-state index in [1.807, 2.05) is 23.1 Å². The van der Waals surface area contributed by atoms with Crippen LogP contribution in [-0.4, -0.2) is 67.2 Å². The maximum absolute atomic E-state index is 13.0. The number of rotatable bonds is 4. The zero-order chi connectivity index (χ0) is 20.2. The molecule has 3 aliphatic rings. The highest BCUT2D eigenvalue weighted by Crippen LogP contribution is 2.32. The van der Waals surface area contributed by atoms with Gasteiger partial charge in [-0.05, 0) is 50.3 Å². The summed E-state index contributed by atoms with van der Waals surface area (Å²) in [5.74, 6) is -0.108. The summed E-state index contributed by atoms with van der Waals surface area (Å²) in [4.78, 5) is 29.8. The maximum Gasteiger partial charge on any atom is 0.254 e. The molecule has 8 heteroatoms.